The normalized spacial score (nSPS) is 19.7. The first-order valence-corrected chi connectivity index (χ1v) is 8.16. The van der Waals surface area contributed by atoms with E-state index in [2.05, 4.69) is 22.4 Å². The van der Waals surface area contributed by atoms with Gasteiger partial charge in [-0.05, 0) is 48.4 Å². The summed E-state index contributed by atoms with van der Waals surface area (Å²) in [6, 6.07) is 14.0. The zero-order valence-electron chi connectivity index (χ0n) is 13.8. The zero-order valence-corrected chi connectivity index (χ0v) is 16.1. The molecule has 0 radical (unpaired) electrons. The maximum Gasteiger partial charge on any atom is 0.188 e. The number of hydrogen-bond acceptors (Lipinski definition) is 1. The molecule has 0 aromatic heterocycles. The number of nitrogens with one attached hydrogen (secondary N) is 1. The first-order chi connectivity index (χ1) is 11.6. The Hall–Kier alpha value is -1.70. The van der Waals surface area contributed by atoms with Gasteiger partial charge in [-0.15, -0.1) is 24.0 Å². The quantitative estimate of drug-likeness (QED) is 0.406. The first kappa shape index (κ1) is 19.6. The molecule has 1 saturated carbocycles. The third kappa shape index (κ3) is 5.66. The van der Waals surface area contributed by atoms with Gasteiger partial charge in [0.25, 0.3) is 0 Å². The second kappa shape index (κ2) is 9.12. The lowest BCUT2D eigenvalue weighted by molar-refractivity contribution is 0.322. The molecule has 1 fully saturated rings. The van der Waals surface area contributed by atoms with Crippen molar-refractivity contribution in [1.82, 2.24) is 5.32 Å². The molecule has 3 nitrogen and oxygen atoms in total. The van der Waals surface area contributed by atoms with E-state index in [-0.39, 0.29) is 35.9 Å². The van der Waals surface area contributed by atoms with Crippen LogP contribution in [0.25, 0.3) is 0 Å². The maximum atomic E-state index is 13.2. The van der Waals surface area contributed by atoms with E-state index in [0.717, 1.165) is 25.3 Å². The number of rotatable bonds is 5. The summed E-state index contributed by atoms with van der Waals surface area (Å²) in [6.07, 6.45) is 2.45. The predicted octanol–water partition coefficient (Wildman–Crippen LogP) is 3.98. The van der Waals surface area contributed by atoms with Crippen LogP contribution in [0.2, 0.25) is 0 Å². The van der Waals surface area contributed by atoms with Crippen LogP contribution in [0.15, 0.2) is 53.5 Å². The minimum absolute atomic E-state index is 0. The molecule has 0 atom stereocenters. The Kier molecular flexibility index (Phi) is 7.16. The van der Waals surface area contributed by atoms with E-state index in [1.165, 1.54) is 17.7 Å². The van der Waals surface area contributed by atoms with Gasteiger partial charge >= 0.3 is 0 Å². The Morgan fingerprint density at radius 1 is 1.08 bits per heavy atom. The average molecular weight is 457 g/mol. The minimum atomic E-state index is -0.525. The highest BCUT2D eigenvalue weighted by Gasteiger charge is 2.31. The summed E-state index contributed by atoms with van der Waals surface area (Å²) in [5, 5.41) is 3.17. The van der Waals surface area contributed by atoms with Gasteiger partial charge in [0.1, 0.15) is 11.6 Å². The SMILES string of the molecule is I.NC(=NCCc1ccccc1)NC1CC(c2cc(F)cc(F)c2)C1. The van der Waals surface area contributed by atoms with Gasteiger partial charge in [-0.2, -0.15) is 0 Å². The van der Waals surface area contributed by atoms with Crippen molar-refractivity contribution in [3.63, 3.8) is 0 Å². The molecule has 0 unspecified atom stereocenters. The molecule has 6 heteroatoms. The van der Waals surface area contributed by atoms with E-state index in [4.69, 9.17) is 5.73 Å². The summed E-state index contributed by atoms with van der Waals surface area (Å²) < 4.78 is 26.5. The van der Waals surface area contributed by atoms with Crippen molar-refractivity contribution in [3.05, 3.63) is 71.3 Å². The molecule has 3 N–H and O–H groups in total. The van der Waals surface area contributed by atoms with Gasteiger partial charge in [0, 0.05) is 18.7 Å². The number of halogens is 3. The molecule has 1 aliphatic rings. The van der Waals surface area contributed by atoms with Crippen LogP contribution in [0.3, 0.4) is 0 Å². The van der Waals surface area contributed by atoms with Crippen LogP contribution >= 0.6 is 24.0 Å². The highest BCUT2D eigenvalue weighted by Crippen LogP contribution is 2.37. The minimum Gasteiger partial charge on any atom is -0.370 e. The van der Waals surface area contributed by atoms with Gasteiger partial charge in [0.2, 0.25) is 0 Å². The fourth-order valence-corrected chi connectivity index (χ4v) is 3.02. The largest absolute Gasteiger partial charge is 0.370 e. The molecule has 2 aromatic rings. The van der Waals surface area contributed by atoms with Crippen molar-refractivity contribution >= 4 is 29.9 Å². The predicted molar refractivity (Wildman–Crippen MR) is 107 cm³/mol. The standard InChI is InChI=1S/C19H21F2N3.HI/c20-16-8-14(9-17(21)12-16)15-10-18(11-15)24-19(22)23-7-6-13-4-2-1-3-5-13;/h1-5,8-9,12,15,18H,6-7,10-11H2,(H3,22,23,24);1H. The van der Waals surface area contributed by atoms with Crippen molar-refractivity contribution in [1.29, 1.82) is 0 Å². The molecule has 1 aliphatic carbocycles. The molecule has 3 rings (SSSR count). The molecule has 134 valence electrons. The van der Waals surface area contributed by atoms with E-state index in [9.17, 15) is 8.78 Å². The highest BCUT2D eigenvalue weighted by molar-refractivity contribution is 14.0. The lowest BCUT2D eigenvalue weighted by Crippen LogP contribution is -2.46. The smallest absolute Gasteiger partial charge is 0.188 e. The number of aliphatic imine (C=N–C) groups is 1. The lowest BCUT2D eigenvalue weighted by atomic mass is 9.76. The van der Waals surface area contributed by atoms with Gasteiger partial charge in [0.05, 0.1) is 0 Å². The summed E-state index contributed by atoms with van der Waals surface area (Å²) >= 11 is 0. The van der Waals surface area contributed by atoms with Gasteiger partial charge in [0.15, 0.2) is 5.96 Å². The van der Waals surface area contributed by atoms with Crippen molar-refractivity contribution in [3.8, 4) is 0 Å². The Morgan fingerprint density at radius 2 is 1.72 bits per heavy atom. The third-order valence-electron chi connectivity index (χ3n) is 4.37. The molecular weight excluding hydrogens is 435 g/mol. The van der Waals surface area contributed by atoms with E-state index in [1.54, 1.807) is 0 Å². The summed E-state index contributed by atoms with van der Waals surface area (Å²) in [4.78, 5) is 4.33. The maximum absolute atomic E-state index is 13.2. The van der Waals surface area contributed by atoms with Crippen LogP contribution in [0.4, 0.5) is 8.78 Å². The van der Waals surface area contributed by atoms with Crippen molar-refractivity contribution in [2.75, 3.05) is 6.54 Å². The van der Waals surface area contributed by atoms with Crippen LogP contribution < -0.4 is 11.1 Å². The molecule has 0 aliphatic heterocycles. The molecule has 0 amide bonds. The summed E-state index contributed by atoms with van der Waals surface area (Å²) in [7, 11) is 0. The third-order valence-corrected chi connectivity index (χ3v) is 4.37. The molecule has 0 spiro atoms. The number of benzene rings is 2. The molecular formula is C19H22F2IN3. The van der Waals surface area contributed by atoms with Gasteiger partial charge in [-0.25, -0.2) is 8.78 Å². The second-order valence-corrected chi connectivity index (χ2v) is 6.21. The number of nitrogens with two attached hydrogens (primary N) is 1. The van der Waals surface area contributed by atoms with Crippen molar-refractivity contribution in [2.45, 2.75) is 31.2 Å². The zero-order chi connectivity index (χ0) is 16.9. The number of guanidine groups is 1. The van der Waals surface area contributed by atoms with Crippen molar-refractivity contribution < 1.29 is 8.78 Å². The monoisotopic (exact) mass is 457 g/mol. The van der Waals surface area contributed by atoms with E-state index < -0.39 is 11.6 Å². The molecule has 0 heterocycles. The number of hydrogen-bond donors (Lipinski definition) is 2. The highest BCUT2D eigenvalue weighted by atomic mass is 127. The summed E-state index contributed by atoms with van der Waals surface area (Å²) in [5.74, 6) is -0.448. The van der Waals surface area contributed by atoms with Crippen LogP contribution in [0.5, 0.6) is 0 Å². The second-order valence-electron chi connectivity index (χ2n) is 6.21. The molecule has 0 saturated heterocycles. The van der Waals surface area contributed by atoms with Crippen LogP contribution in [0.1, 0.15) is 29.9 Å². The first-order valence-electron chi connectivity index (χ1n) is 8.16. The van der Waals surface area contributed by atoms with Gasteiger partial charge < -0.3 is 11.1 Å². The topological polar surface area (TPSA) is 50.4 Å². The lowest BCUT2D eigenvalue weighted by Gasteiger charge is -2.36. The fourth-order valence-electron chi connectivity index (χ4n) is 3.02. The Labute approximate surface area is 163 Å². The van der Waals surface area contributed by atoms with Gasteiger partial charge in [-0.3, -0.25) is 4.99 Å². The van der Waals surface area contributed by atoms with E-state index in [1.807, 2.05) is 18.2 Å². The van der Waals surface area contributed by atoms with Crippen LogP contribution in [0, 0.1) is 11.6 Å². The molecule has 25 heavy (non-hydrogen) atoms. The van der Waals surface area contributed by atoms with E-state index in [0.29, 0.717) is 18.1 Å². The summed E-state index contributed by atoms with van der Waals surface area (Å²) in [5.41, 5.74) is 7.84. The average Bonchev–Trinajstić information content (AvgIpc) is 2.50. The fraction of sp³-hybridized carbons (Fsp3) is 0.316. The molecule has 2 aromatic carbocycles. The molecule has 0 bridgehead atoms. The van der Waals surface area contributed by atoms with Crippen LogP contribution in [-0.2, 0) is 6.42 Å². The van der Waals surface area contributed by atoms with Gasteiger partial charge in [-0.1, -0.05) is 30.3 Å². The Balaban J connectivity index is 0.00000225. The Bertz CT molecular complexity index is 696. The van der Waals surface area contributed by atoms with Crippen LogP contribution in [-0.4, -0.2) is 18.5 Å². The number of nitrogens with zero attached hydrogens (tertiary/aromatic N) is 1. The van der Waals surface area contributed by atoms with Crippen molar-refractivity contribution in [2.24, 2.45) is 10.7 Å². The van der Waals surface area contributed by atoms with E-state index >= 15 is 0 Å². The summed E-state index contributed by atoms with van der Waals surface area (Å²) in [6.45, 7) is 0.633. The Morgan fingerprint density at radius 3 is 2.36 bits per heavy atom.